The molecule has 0 radical (unpaired) electrons. The van der Waals surface area contributed by atoms with Gasteiger partial charge in [0.05, 0.1) is 30.2 Å². The summed E-state index contributed by atoms with van der Waals surface area (Å²) in [6.45, 7) is 1.93. The van der Waals surface area contributed by atoms with E-state index < -0.39 is 0 Å². The lowest BCUT2D eigenvalue weighted by Gasteiger charge is -2.35. The Balaban J connectivity index is 1.52. The Bertz CT molecular complexity index is 956. The quantitative estimate of drug-likeness (QED) is 0.735. The number of piperidine rings is 1. The van der Waals surface area contributed by atoms with E-state index in [-0.39, 0.29) is 12.6 Å². The first-order valence-corrected chi connectivity index (χ1v) is 9.65. The summed E-state index contributed by atoms with van der Waals surface area (Å²) in [5, 5.41) is 17.3. The van der Waals surface area contributed by atoms with E-state index in [9.17, 15) is 5.11 Å². The van der Waals surface area contributed by atoms with E-state index in [0.29, 0.717) is 5.65 Å². The van der Waals surface area contributed by atoms with E-state index in [4.69, 9.17) is 9.97 Å². The molecule has 0 saturated carbocycles. The largest absolute Gasteiger partial charge is 0.394 e. The predicted molar refractivity (Wildman–Crippen MR) is 103 cm³/mol. The van der Waals surface area contributed by atoms with E-state index in [0.717, 1.165) is 73.7 Å². The number of nitrogens with one attached hydrogen (secondary N) is 1. The molecule has 1 fully saturated rings. The Morgan fingerprint density at radius 3 is 3.07 bits per heavy atom. The summed E-state index contributed by atoms with van der Waals surface area (Å²) in [5.41, 5.74) is 3.65. The van der Waals surface area contributed by atoms with Crippen molar-refractivity contribution >= 4 is 28.5 Å². The fourth-order valence-corrected chi connectivity index (χ4v) is 4.21. The minimum atomic E-state index is 0.118. The van der Waals surface area contributed by atoms with Crippen LogP contribution in [0.3, 0.4) is 0 Å². The first-order chi connectivity index (χ1) is 13.3. The summed E-state index contributed by atoms with van der Waals surface area (Å²) in [6.07, 6.45) is 8.92. The van der Waals surface area contributed by atoms with E-state index in [1.54, 1.807) is 0 Å². The monoisotopic (exact) mass is 365 g/mol. The first-order valence-electron chi connectivity index (χ1n) is 9.65. The van der Waals surface area contributed by atoms with Gasteiger partial charge in [-0.2, -0.15) is 5.10 Å². The van der Waals surface area contributed by atoms with Crippen LogP contribution in [-0.4, -0.2) is 56.0 Å². The lowest BCUT2D eigenvalue weighted by Crippen LogP contribution is -2.42. The van der Waals surface area contributed by atoms with Gasteiger partial charge in [-0.15, -0.1) is 0 Å². The fraction of sp³-hybridized carbons (Fsp3) is 0.474. The van der Waals surface area contributed by atoms with Gasteiger partial charge in [-0.05, 0) is 44.2 Å². The van der Waals surface area contributed by atoms with Gasteiger partial charge in [-0.1, -0.05) is 0 Å². The predicted octanol–water partition coefficient (Wildman–Crippen LogP) is 2.18. The molecule has 0 bridgehead atoms. The van der Waals surface area contributed by atoms with Crippen LogP contribution in [0.15, 0.2) is 24.5 Å². The number of aryl methyl sites for hydroxylation is 1. The number of fused-ring (bicyclic) bond motifs is 2. The Labute approximate surface area is 157 Å². The van der Waals surface area contributed by atoms with Crippen LogP contribution in [0.1, 0.15) is 31.4 Å². The maximum absolute atomic E-state index is 9.68. The van der Waals surface area contributed by atoms with Crippen molar-refractivity contribution in [3.8, 4) is 0 Å². The van der Waals surface area contributed by atoms with Crippen LogP contribution in [0.4, 0.5) is 17.3 Å². The zero-order valence-electron chi connectivity index (χ0n) is 15.2. The van der Waals surface area contributed by atoms with Crippen LogP contribution < -0.4 is 9.80 Å². The summed E-state index contributed by atoms with van der Waals surface area (Å²) < 4.78 is 0. The smallest absolute Gasteiger partial charge is 0.183 e. The SMILES string of the molecule is OCC1CCCCN1c1cnc2c(N3CCCc4ncccc43)n[nH]c2n1. The van der Waals surface area contributed by atoms with Gasteiger partial charge in [0.25, 0.3) is 0 Å². The Morgan fingerprint density at radius 1 is 1.19 bits per heavy atom. The highest BCUT2D eigenvalue weighted by atomic mass is 16.3. The topological polar surface area (TPSA) is 94.1 Å². The minimum absolute atomic E-state index is 0.118. The fourth-order valence-electron chi connectivity index (χ4n) is 4.21. The van der Waals surface area contributed by atoms with Crippen molar-refractivity contribution in [3.05, 3.63) is 30.2 Å². The average molecular weight is 365 g/mol. The highest BCUT2D eigenvalue weighted by Gasteiger charge is 2.26. The zero-order valence-corrected chi connectivity index (χ0v) is 15.2. The molecule has 0 aliphatic carbocycles. The summed E-state index contributed by atoms with van der Waals surface area (Å²) in [4.78, 5) is 18.3. The summed E-state index contributed by atoms with van der Waals surface area (Å²) in [5.74, 6) is 1.60. The van der Waals surface area contributed by atoms with Crippen LogP contribution in [0.2, 0.25) is 0 Å². The average Bonchev–Trinajstić information content (AvgIpc) is 3.16. The van der Waals surface area contributed by atoms with Gasteiger partial charge >= 0.3 is 0 Å². The summed E-state index contributed by atoms with van der Waals surface area (Å²) >= 11 is 0. The second-order valence-electron chi connectivity index (χ2n) is 7.22. The molecule has 2 aliphatic rings. The van der Waals surface area contributed by atoms with E-state index >= 15 is 0 Å². The van der Waals surface area contributed by atoms with Crippen LogP contribution >= 0.6 is 0 Å². The third-order valence-electron chi connectivity index (χ3n) is 5.58. The molecule has 1 atom stereocenters. The third kappa shape index (κ3) is 2.80. The highest BCUT2D eigenvalue weighted by molar-refractivity contribution is 5.87. The maximum atomic E-state index is 9.68. The number of aromatic amines is 1. The standard InChI is InChI=1S/C19H23N7O/c27-12-13-5-1-2-9-25(13)16-11-21-17-18(22-16)23-24-19(17)26-10-4-6-14-15(26)7-3-8-20-14/h3,7-8,11,13,27H,1-2,4-6,9-10,12H2,(H,22,23,24). The van der Waals surface area contributed by atoms with Crippen molar-refractivity contribution in [2.24, 2.45) is 0 Å². The molecular weight excluding hydrogens is 342 g/mol. The number of aliphatic hydroxyl groups is 1. The molecule has 0 spiro atoms. The lowest BCUT2D eigenvalue weighted by molar-refractivity contribution is 0.239. The third-order valence-corrected chi connectivity index (χ3v) is 5.58. The molecule has 8 heteroatoms. The second-order valence-corrected chi connectivity index (χ2v) is 7.22. The van der Waals surface area contributed by atoms with E-state index in [1.807, 2.05) is 18.5 Å². The molecule has 2 N–H and O–H groups in total. The van der Waals surface area contributed by atoms with Crippen molar-refractivity contribution in [3.63, 3.8) is 0 Å². The van der Waals surface area contributed by atoms with Gasteiger partial charge in [-0.3, -0.25) is 10.1 Å². The van der Waals surface area contributed by atoms with Gasteiger partial charge in [0.1, 0.15) is 5.82 Å². The number of aliphatic hydroxyl groups excluding tert-OH is 1. The number of hydrogen-bond donors (Lipinski definition) is 2. The maximum Gasteiger partial charge on any atom is 0.183 e. The van der Waals surface area contributed by atoms with Crippen LogP contribution in [0.25, 0.3) is 11.2 Å². The van der Waals surface area contributed by atoms with Crippen LogP contribution in [-0.2, 0) is 6.42 Å². The van der Waals surface area contributed by atoms with Crippen LogP contribution in [0.5, 0.6) is 0 Å². The van der Waals surface area contributed by atoms with Crippen molar-refractivity contribution < 1.29 is 5.11 Å². The zero-order chi connectivity index (χ0) is 18.2. The normalized spacial score (nSPS) is 20.1. The van der Waals surface area contributed by atoms with Crippen molar-refractivity contribution in [1.82, 2.24) is 25.1 Å². The number of rotatable bonds is 3. The molecule has 3 aromatic rings. The number of H-pyrrole nitrogens is 1. The molecule has 1 unspecified atom stereocenters. The molecule has 140 valence electrons. The Kier molecular flexibility index (Phi) is 4.12. The number of pyridine rings is 1. The van der Waals surface area contributed by atoms with Crippen molar-refractivity contribution in [2.45, 2.75) is 38.1 Å². The van der Waals surface area contributed by atoms with Gasteiger partial charge in [0, 0.05) is 19.3 Å². The molecule has 1 saturated heterocycles. The minimum Gasteiger partial charge on any atom is -0.394 e. The van der Waals surface area contributed by atoms with Crippen molar-refractivity contribution in [1.29, 1.82) is 0 Å². The molecular formula is C19H23N7O. The number of aromatic nitrogens is 5. The van der Waals surface area contributed by atoms with Crippen molar-refractivity contribution in [2.75, 3.05) is 29.5 Å². The molecule has 3 aromatic heterocycles. The Hall–Kier alpha value is -2.74. The van der Waals surface area contributed by atoms with Gasteiger partial charge in [0.2, 0.25) is 0 Å². The van der Waals surface area contributed by atoms with Gasteiger partial charge < -0.3 is 14.9 Å². The van der Waals surface area contributed by atoms with Crippen LogP contribution in [0, 0.1) is 0 Å². The van der Waals surface area contributed by atoms with E-state index in [1.165, 1.54) is 0 Å². The highest BCUT2D eigenvalue weighted by Crippen LogP contribution is 2.34. The number of hydrogen-bond acceptors (Lipinski definition) is 7. The van der Waals surface area contributed by atoms with Gasteiger partial charge in [-0.25, -0.2) is 9.97 Å². The molecule has 0 amide bonds. The molecule has 5 heterocycles. The molecule has 2 aliphatic heterocycles. The summed E-state index contributed by atoms with van der Waals surface area (Å²) in [6, 6.07) is 4.16. The number of anilines is 3. The first kappa shape index (κ1) is 16.4. The molecule has 0 aromatic carbocycles. The Morgan fingerprint density at radius 2 is 2.15 bits per heavy atom. The van der Waals surface area contributed by atoms with Gasteiger partial charge in [0.15, 0.2) is 17.0 Å². The molecule has 5 rings (SSSR count). The molecule has 8 nitrogen and oxygen atoms in total. The molecule has 27 heavy (non-hydrogen) atoms. The summed E-state index contributed by atoms with van der Waals surface area (Å²) in [7, 11) is 0. The second kappa shape index (κ2) is 6.77. The lowest BCUT2D eigenvalue weighted by atomic mass is 10.0. The number of nitrogens with zero attached hydrogens (tertiary/aromatic N) is 6. The van der Waals surface area contributed by atoms with E-state index in [2.05, 4.69) is 31.0 Å².